The van der Waals surface area contributed by atoms with Crippen LogP contribution in [0, 0.1) is 19.8 Å². The summed E-state index contributed by atoms with van der Waals surface area (Å²) in [6.07, 6.45) is 3.10. The van der Waals surface area contributed by atoms with Gasteiger partial charge < -0.3 is 20.4 Å². The summed E-state index contributed by atoms with van der Waals surface area (Å²) in [6.45, 7) is 8.92. The molecule has 0 saturated carbocycles. The Morgan fingerprint density at radius 2 is 1.64 bits per heavy atom. The molecule has 14 nitrogen and oxygen atoms in total. The molecule has 2 atom stereocenters. The lowest BCUT2D eigenvalue weighted by molar-refractivity contribution is -0.136. The highest BCUT2D eigenvalue weighted by Crippen LogP contribution is 2.35. The number of imide groups is 2. The first-order valence-corrected chi connectivity index (χ1v) is 18.8. The Balaban J connectivity index is 0.772. The minimum absolute atomic E-state index is 0.0993. The number of rotatable bonds is 9. The molecule has 0 bridgehead atoms. The molecule has 0 radical (unpaired) electrons. The molecule has 3 saturated heterocycles. The third-order valence-electron chi connectivity index (χ3n) is 11.5. The van der Waals surface area contributed by atoms with Crippen LogP contribution in [0.5, 0.6) is 0 Å². The van der Waals surface area contributed by atoms with Gasteiger partial charge in [-0.2, -0.15) is 10.1 Å². The van der Waals surface area contributed by atoms with Crippen molar-refractivity contribution in [3.8, 4) is 0 Å². The van der Waals surface area contributed by atoms with E-state index >= 15 is 0 Å². The lowest BCUT2D eigenvalue weighted by Crippen LogP contribution is -2.54. The first-order valence-electron chi connectivity index (χ1n) is 18.8. The van der Waals surface area contributed by atoms with Crippen LogP contribution < -0.4 is 20.9 Å². The van der Waals surface area contributed by atoms with Crippen molar-refractivity contribution in [2.24, 2.45) is 13.0 Å². The van der Waals surface area contributed by atoms with Crippen molar-refractivity contribution < 1.29 is 19.2 Å². The third-order valence-corrected chi connectivity index (χ3v) is 11.5. The first kappa shape index (κ1) is 34.6. The molecule has 3 fully saturated rings. The summed E-state index contributed by atoms with van der Waals surface area (Å²) in [5.41, 5.74) is 7.83. The molecule has 9 rings (SSSR count). The lowest BCUT2D eigenvalue weighted by atomic mass is 9.90. The van der Waals surface area contributed by atoms with Gasteiger partial charge in [-0.15, -0.1) is 0 Å². The van der Waals surface area contributed by atoms with Crippen molar-refractivity contribution in [2.75, 3.05) is 48.3 Å². The van der Waals surface area contributed by atoms with Gasteiger partial charge in [0, 0.05) is 75.4 Å². The molecule has 2 aromatic heterocycles. The van der Waals surface area contributed by atoms with Gasteiger partial charge in [0.25, 0.3) is 11.8 Å². The Kier molecular flexibility index (Phi) is 8.56. The van der Waals surface area contributed by atoms with Crippen molar-refractivity contribution in [3.05, 3.63) is 94.7 Å². The zero-order valence-electron chi connectivity index (χ0n) is 31.0. The summed E-state index contributed by atoms with van der Waals surface area (Å²) in [6, 6.07) is 19.1. The van der Waals surface area contributed by atoms with Gasteiger partial charge in [0.1, 0.15) is 6.04 Å². The minimum atomic E-state index is -0.963. The number of hydrogen-bond acceptors (Lipinski definition) is 11. The van der Waals surface area contributed by atoms with E-state index in [4.69, 9.17) is 4.98 Å². The van der Waals surface area contributed by atoms with Crippen LogP contribution >= 0.6 is 0 Å². The molecule has 3 aromatic carbocycles. The summed E-state index contributed by atoms with van der Waals surface area (Å²) in [5.74, 6) is 0.267. The second-order valence-corrected chi connectivity index (χ2v) is 15.2. The maximum atomic E-state index is 13.3. The maximum absolute atomic E-state index is 13.3. The summed E-state index contributed by atoms with van der Waals surface area (Å²) in [4.78, 5) is 65.7. The predicted octanol–water partition coefficient (Wildman–Crippen LogP) is 4.79. The number of carbonyl (C=O) groups is 4. The van der Waals surface area contributed by atoms with Gasteiger partial charge in [0.2, 0.25) is 17.8 Å². The van der Waals surface area contributed by atoms with Crippen molar-refractivity contribution >= 4 is 63.5 Å². The normalized spacial score (nSPS) is 20.3. The van der Waals surface area contributed by atoms with Gasteiger partial charge in [0.05, 0.1) is 16.5 Å². The average molecular weight is 739 g/mol. The van der Waals surface area contributed by atoms with Gasteiger partial charge in [-0.05, 0) is 79.6 Å². The summed E-state index contributed by atoms with van der Waals surface area (Å²) < 4.78 is 1.77. The second kappa shape index (κ2) is 13.6. The second-order valence-electron chi connectivity index (χ2n) is 15.2. The van der Waals surface area contributed by atoms with Crippen LogP contribution in [-0.2, 0) is 16.6 Å². The topological polar surface area (TPSA) is 158 Å². The number of benzene rings is 3. The van der Waals surface area contributed by atoms with Crippen molar-refractivity contribution in [2.45, 2.75) is 45.1 Å². The van der Waals surface area contributed by atoms with E-state index in [0.717, 1.165) is 89.1 Å². The number of piperidine rings is 1. The Morgan fingerprint density at radius 1 is 0.873 bits per heavy atom. The number of carbonyl (C=O) groups excluding carboxylic acids is 4. The fraction of sp³-hybridized carbons (Fsp3) is 0.341. The number of para-hydroxylation sites is 1. The fourth-order valence-corrected chi connectivity index (χ4v) is 8.45. The van der Waals surface area contributed by atoms with Crippen molar-refractivity contribution in [3.63, 3.8) is 0 Å². The van der Waals surface area contributed by atoms with E-state index in [9.17, 15) is 19.2 Å². The van der Waals surface area contributed by atoms with E-state index in [2.05, 4.69) is 86.1 Å². The Morgan fingerprint density at radius 3 is 2.40 bits per heavy atom. The molecule has 3 N–H and O–H groups in total. The molecular formula is C41H42N10O4. The summed E-state index contributed by atoms with van der Waals surface area (Å²) in [7, 11) is 1.89. The highest BCUT2D eigenvalue weighted by molar-refractivity contribution is 6.23. The van der Waals surface area contributed by atoms with Crippen molar-refractivity contribution in [1.82, 2.24) is 34.9 Å². The van der Waals surface area contributed by atoms with E-state index < -0.39 is 23.8 Å². The highest BCUT2D eigenvalue weighted by Gasteiger charge is 2.45. The van der Waals surface area contributed by atoms with Crippen LogP contribution in [0.25, 0.3) is 11.0 Å². The molecule has 4 aliphatic heterocycles. The Bertz CT molecular complexity index is 2360. The number of likely N-dealkylation sites (tertiary alicyclic amines) is 1. The largest absolute Gasteiger partial charge is 0.371 e. The summed E-state index contributed by atoms with van der Waals surface area (Å²) in [5, 5.41) is 14.6. The number of anilines is 5. The smallest absolute Gasteiger partial charge is 0.262 e. The van der Waals surface area contributed by atoms with Gasteiger partial charge in [0.15, 0.2) is 11.5 Å². The molecule has 55 heavy (non-hydrogen) atoms. The Labute approximate surface area is 317 Å². The van der Waals surface area contributed by atoms with Gasteiger partial charge in [-0.3, -0.25) is 29.4 Å². The zero-order valence-corrected chi connectivity index (χ0v) is 31.0. The molecule has 14 heteroatoms. The summed E-state index contributed by atoms with van der Waals surface area (Å²) >= 11 is 0. The SMILES string of the molecule is Cc1cccc(C)c1Nc1nn(C)c2nc(Nc3ccc(C4CN(C[C@H]5CCN(c6ccc7c(c6)C(=O)N(C6CCC(=O)NC6=O)C7=O)C5)C4)cc3)ncc12. The van der Waals surface area contributed by atoms with Crippen LogP contribution in [0.3, 0.4) is 0 Å². The van der Waals surface area contributed by atoms with Crippen LogP contribution in [0.2, 0.25) is 0 Å². The number of nitrogens with one attached hydrogen (secondary N) is 3. The lowest BCUT2D eigenvalue weighted by Gasteiger charge is -2.41. The van der Waals surface area contributed by atoms with Gasteiger partial charge >= 0.3 is 0 Å². The van der Waals surface area contributed by atoms with Crippen LogP contribution in [0.15, 0.2) is 66.9 Å². The molecule has 280 valence electrons. The monoisotopic (exact) mass is 738 g/mol. The molecule has 4 aliphatic rings. The van der Waals surface area contributed by atoms with Crippen LogP contribution in [-0.4, -0.2) is 91.9 Å². The number of fused-ring (bicyclic) bond motifs is 2. The third kappa shape index (κ3) is 6.35. The highest BCUT2D eigenvalue weighted by atomic mass is 16.2. The number of aromatic nitrogens is 4. The van der Waals surface area contributed by atoms with Crippen molar-refractivity contribution in [1.29, 1.82) is 0 Å². The van der Waals surface area contributed by atoms with E-state index in [1.165, 1.54) is 5.56 Å². The Hall–Kier alpha value is -6.15. The standard InChI is InChI=1S/C41H42N10O4/c1-23-5-4-6-24(2)35(23)45-36-32-18-42-41(46-37(32)48(3)47-36)43-28-9-7-26(8-10-28)27-21-49(22-27)19-25-15-16-50(20-25)29-11-12-30-31(17-29)40(55)51(39(30)54)33-13-14-34(52)44-38(33)53/h4-12,17-18,25,27,33H,13-16,19-22H2,1-3H3,(H,45,47)(H,42,43,46)(H,44,52,53)/t25-,33?/m1/s1. The molecule has 0 aliphatic carbocycles. The molecule has 0 spiro atoms. The molecule has 1 unspecified atom stereocenters. The van der Waals surface area contributed by atoms with Crippen LogP contribution in [0.1, 0.15) is 62.6 Å². The first-order chi connectivity index (χ1) is 26.6. The average Bonchev–Trinajstić information content (AvgIpc) is 3.82. The number of hydrogen-bond donors (Lipinski definition) is 3. The molecule has 6 heterocycles. The van der Waals surface area contributed by atoms with E-state index in [0.29, 0.717) is 28.9 Å². The predicted molar refractivity (Wildman–Crippen MR) is 208 cm³/mol. The van der Waals surface area contributed by atoms with Gasteiger partial charge in [-0.25, -0.2) is 9.67 Å². The number of nitrogens with zero attached hydrogens (tertiary/aromatic N) is 7. The molecular weight excluding hydrogens is 697 g/mol. The van der Waals surface area contributed by atoms with E-state index in [-0.39, 0.29) is 18.7 Å². The molecule has 4 amide bonds. The zero-order chi connectivity index (χ0) is 38.0. The quantitative estimate of drug-likeness (QED) is 0.179. The minimum Gasteiger partial charge on any atom is -0.371 e. The fourth-order valence-electron chi connectivity index (χ4n) is 8.45. The number of amides is 4. The van der Waals surface area contributed by atoms with Crippen LogP contribution in [0.4, 0.5) is 28.8 Å². The van der Waals surface area contributed by atoms with Gasteiger partial charge in [-0.1, -0.05) is 30.3 Å². The molecule has 5 aromatic rings. The maximum Gasteiger partial charge on any atom is 0.262 e. The number of aryl methyl sites for hydroxylation is 3. The van der Waals surface area contributed by atoms with E-state index in [1.54, 1.807) is 16.8 Å². The van der Waals surface area contributed by atoms with E-state index in [1.807, 2.05) is 25.4 Å².